The van der Waals surface area contributed by atoms with E-state index in [1.54, 1.807) is 56.3 Å². The molecule has 0 unspecified atom stereocenters. The van der Waals surface area contributed by atoms with E-state index in [9.17, 15) is 13.5 Å². The molecule has 4 aromatic rings. The normalized spacial score (nSPS) is 19.6. The Hall–Kier alpha value is -3.07. The number of fused-ring (bicyclic) bond motifs is 2. The summed E-state index contributed by atoms with van der Waals surface area (Å²) >= 11 is 6.02. The highest BCUT2D eigenvalue weighted by atomic mass is 35.5. The minimum absolute atomic E-state index is 0.0633. The van der Waals surface area contributed by atoms with Crippen molar-refractivity contribution in [3.63, 3.8) is 0 Å². The van der Waals surface area contributed by atoms with Crippen LogP contribution in [0.2, 0.25) is 5.02 Å². The van der Waals surface area contributed by atoms with Crippen molar-refractivity contribution in [1.82, 2.24) is 5.16 Å². The molecule has 0 radical (unpaired) electrons. The van der Waals surface area contributed by atoms with Crippen molar-refractivity contribution in [2.75, 3.05) is 0 Å². The van der Waals surface area contributed by atoms with Crippen LogP contribution in [-0.4, -0.2) is 30.4 Å². The molecule has 2 heterocycles. The topological polar surface area (TPSA) is 98.9 Å². The molecule has 170 valence electrons. The summed E-state index contributed by atoms with van der Waals surface area (Å²) in [6.45, 7) is 3.46. The first-order chi connectivity index (χ1) is 15.7. The van der Waals surface area contributed by atoms with Crippen molar-refractivity contribution >= 4 is 32.4 Å². The first-order valence-corrected chi connectivity index (χ1v) is 12.1. The van der Waals surface area contributed by atoms with Crippen LogP contribution in [0.1, 0.15) is 25.5 Å². The van der Waals surface area contributed by atoms with Gasteiger partial charge in [0, 0.05) is 16.7 Å². The highest BCUT2D eigenvalue weighted by Gasteiger charge is 2.45. The van der Waals surface area contributed by atoms with Gasteiger partial charge in [-0.3, -0.25) is 0 Å². The molecule has 33 heavy (non-hydrogen) atoms. The second-order valence-corrected chi connectivity index (χ2v) is 10.7. The molecular weight excluding hydrogens is 466 g/mol. The third kappa shape index (κ3) is 3.74. The lowest BCUT2D eigenvalue weighted by atomic mass is 9.88. The van der Waals surface area contributed by atoms with E-state index < -0.39 is 27.6 Å². The predicted molar refractivity (Wildman–Crippen MR) is 121 cm³/mol. The van der Waals surface area contributed by atoms with E-state index in [4.69, 9.17) is 25.6 Å². The molecule has 2 atom stereocenters. The molecule has 0 amide bonds. The molecule has 0 saturated carbocycles. The molecule has 1 aliphatic heterocycles. The molecule has 1 N–H and O–H groups in total. The number of hydrogen-bond acceptors (Lipinski definition) is 7. The fourth-order valence-corrected chi connectivity index (χ4v) is 5.32. The van der Waals surface area contributed by atoms with Gasteiger partial charge in [0.2, 0.25) is 9.84 Å². The molecule has 0 saturated heterocycles. The number of ether oxygens (including phenoxy) is 2. The number of aliphatic hydroxyl groups excluding tert-OH is 1. The van der Waals surface area contributed by atoms with Crippen molar-refractivity contribution < 1.29 is 27.5 Å². The Morgan fingerprint density at radius 1 is 1.03 bits per heavy atom. The molecule has 5 rings (SSSR count). The van der Waals surface area contributed by atoms with Gasteiger partial charge in [-0.15, -0.1) is 0 Å². The maximum atomic E-state index is 13.2. The molecule has 0 bridgehead atoms. The molecule has 7 nitrogen and oxygen atoms in total. The zero-order valence-electron chi connectivity index (χ0n) is 17.7. The molecule has 1 aromatic heterocycles. The maximum Gasteiger partial charge on any atom is 0.262 e. The van der Waals surface area contributed by atoms with Crippen LogP contribution in [0.25, 0.3) is 11.0 Å². The van der Waals surface area contributed by atoms with Gasteiger partial charge in [-0.2, -0.15) is 0 Å². The summed E-state index contributed by atoms with van der Waals surface area (Å²) < 4.78 is 43.8. The van der Waals surface area contributed by atoms with Crippen LogP contribution < -0.4 is 9.47 Å². The second kappa shape index (κ2) is 7.76. The minimum atomic E-state index is -3.79. The summed E-state index contributed by atoms with van der Waals surface area (Å²) in [5, 5.41) is 16.1. The summed E-state index contributed by atoms with van der Waals surface area (Å²) in [5.74, 6) is 0.573. The van der Waals surface area contributed by atoms with Gasteiger partial charge in [0.25, 0.3) is 5.88 Å². The maximum absolute atomic E-state index is 13.2. The predicted octanol–water partition coefficient (Wildman–Crippen LogP) is 4.97. The summed E-state index contributed by atoms with van der Waals surface area (Å²) in [6, 6.07) is 17.7. The third-order valence-electron chi connectivity index (χ3n) is 5.66. The van der Waals surface area contributed by atoms with E-state index in [0.717, 1.165) is 0 Å². The van der Waals surface area contributed by atoms with E-state index in [1.807, 2.05) is 0 Å². The van der Waals surface area contributed by atoms with Gasteiger partial charge in [0.05, 0.1) is 15.2 Å². The number of aromatic nitrogens is 1. The fourth-order valence-electron chi connectivity index (χ4n) is 3.84. The summed E-state index contributed by atoms with van der Waals surface area (Å²) in [6.07, 6.45) is -2.09. The van der Waals surface area contributed by atoms with E-state index in [1.165, 1.54) is 24.3 Å². The Morgan fingerprint density at radius 2 is 1.79 bits per heavy atom. The Balaban J connectivity index is 1.61. The largest absolute Gasteiger partial charge is 0.485 e. The lowest BCUT2D eigenvalue weighted by Gasteiger charge is -2.41. The van der Waals surface area contributed by atoms with Crippen LogP contribution >= 0.6 is 11.6 Å². The SMILES string of the molecule is CC1(C)Oc2ccc(S(=O)(=O)c3ccccc3)cc2[C@@H](Oc2noc3cc(Cl)ccc23)[C@@H]1O. The minimum Gasteiger partial charge on any atom is -0.485 e. The quantitative estimate of drug-likeness (QED) is 0.436. The zero-order chi connectivity index (χ0) is 23.4. The Bertz CT molecular complexity index is 1450. The summed E-state index contributed by atoms with van der Waals surface area (Å²) in [4.78, 5) is 0.229. The van der Waals surface area contributed by atoms with Gasteiger partial charge in [0.1, 0.15) is 17.5 Å². The first kappa shape index (κ1) is 21.8. The van der Waals surface area contributed by atoms with Crippen LogP contribution in [0.4, 0.5) is 0 Å². The average molecular weight is 486 g/mol. The van der Waals surface area contributed by atoms with Gasteiger partial charge >= 0.3 is 0 Å². The van der Waals surface area contributed by atoms with Crippen molar-refractivity contribution in [3.8, 4) is 11.6 Å². The van der Waals surface area contributed by atoms with Gasteiger partial charge in [-0.25, -0.2) is 8.42 Å². The lowest BCUT2D eigenvalue weighted by molar-refractivity contribution is -0.104. The van der Waals surface area contributed by atoms with Crippen LogP contribution in [-0.2, 0) is 9.84 Å². The van der Waals surface area contributed by atoms with Gasteiger partial charge in [-0.05, 0) is 61.5 Å². The average Bonchev–Trinajstić information content (AvgIpc) is 3.18. The zero-order valence-corrected chi connectivity index (χ0v) is 19.3. The number of sulfone groups is 1. The first-order valence-electron chi connectivity index (χ1n) is 10.2. The number of benzene rings is 3. The molecule has 0 aliphatic carbocycles. The van der Waals surface area contributed by atoms with Crippen molar-refractivity contribution in [3.05, 3.63) is 77.3 Å². The lowest BCUT2D eigenvalue weighted by Crippen LogP contribution is -2.50. The number of hydrogen-bond donors (Lipinski definition) is 1. The number of aliphatic hydroxyl groups is 1. The van der Waals surface area contributed by atoms with E-state index in [-0.39, 0.29) is 15.7 Å². The molecule has 3 aromatic carbocycles. The number of nitrogens with zero attached hydrogens (tertiary/aromatic N) is 1. The van der Waals surface area contributed by atoms with E-state index in [0.29, 0.717) is 27.3 Å². The fraction of sp³-hybridized carbons (Fsp3) is 0.208. The van der Waals surface area contributed by atoms with Gasteiger partial charge in [-0.1, -0.05) is 29.8 Å². The second-order valence-electron chi connectivity index (χ2n) is 8.33. The monoisotopic (exact) mass is 485 g/mol. The standard InChI is InChI=1S/C24H20ClNO6S/c1-24(2)22(27)21(30-23-17-10-8-14(25)12-20(17)32-26-23)18-13-16(9-11-19(18)31-24)33(28,29)15-6-4-3-5-7-15/h3-13,21-22,27H,1-2H3/t21-,22+/m1/s1. The smallest absolute Gasteiger partial charge is 0.262 e. The van der Waals surface area contributed by atoms with Crippen molar-refractivity contribution in [2.24, 2.45) is 0 Å². The molecule has 9 heteroatoms. The number of halogens is 1. The highest BCUT2D eigenvalue weighted by Crippen LogP contribution is 2.44. The van der Waals surface area contributed by atoms with Crippen LogP contribution in [0.5, 0.6) is 11.6 Å². The Kier molecular flexibility index (Phi) is 5.12. The van der Waals surface area contributed by atoms with Crippen LogP contribution in [0, 0.1) is 0 Å². The van der Waals surface area contributed by atoms with Gasteiger partial charge < -0.3 is 19.1 Å². The Labute approximate surface area is 195 Å². The summed E-state index contributed by atoms with van der Waals surface area (Å²) in [5.41, 5.74) is -0.178. The summed E-state index contributed by atoms with van der Waals surface area (Å²) in [7, 11) is -3.79. The molecule has 1 aliphatic rings. The molecule has 0 fully saturated rings. The molecule has 0 spiro atoms. The van der Waals surface area contributed by atoms with Gasteiger partial charge in [0.15, 0.2) is 11.7 Å². The Morgan fingerprint density at radius 3 is 2.55 bits per heavy atom. The van der Waals surface area contributed by atoms with Crippen LogP contribution in [0.3, 0.4) is 0 Å². The highest BCUT2D eigenvalue weighted by molar-refractivity contribution is 7.91. The molecular formula is C24H20ClNO6S. The number of rotatable bonds is 4. The van der Waals surface area contributed by atoms with Crippen molar-refractivity contribution in [1.29, 1.82) is 0 Å². The van der Waals surface area contributed by atoms with E-state index in [2.05, 4.69) is 5.16 Å². The van der Waals surface area contributed by atoms with Crippen molar-refractivity contribution in [2.45, 2.75) is 41.4 Å². The third-order valence-corrected chi connectivity index (χ3v) is 7.67. The van der Waals surface area contributed by atoms with E-state index >= 15 is 0 Å². The van der Waals surface area contributed by atoms with Crippen LogP contribution in [0.15, 0.2) is 81.0 Å².